The number of aromatic nitrogens is 4. The van der Waals surface area contributed by atoms with Crippen molar-refractivity contribution in [3.05, 3.63) is 65.5 Å². The lowest BCUT2D eigenvalue weighted by atomic mass is 10.3. The van der Waals surface area contributed by atoms with Gasteiger partial charge in [-0.05, 0) is 34.1 Å². The standard InChI is InChI=1S/C15H10BrN5O2/c16-13-3-1-2-12(20-13)15(22)21-14-6-10(4-5-19-14)23-11-7-17-9-18-8-11/h1-9H,(H,19,21,22). The zero-order chi connectivity index (χ0) is 16.1. The van der Waals surface area contributed by atoms with Crippen LogP contribution >= 0.6 is 15.9 Å². The topological polar surface area (TPSA) is 89.9 Å². The third kappa shape index (κ3) is 4.07. The van der Waals surface area contributed by atoms with E-state index in [1.807, 2.05) is 0 Å². The number of nitrogens with zero attached hydrogens (tertiary/aromatic N) is 4. The van der Waals surface area contributed by atoms with Crippen LogP contribution in [0.3, 0.4) is 0 Å². The SMILES string of the molecule is O=C(Nc1cc(Oc2cncnc2)ccn1)c1cccc(Br)n1. The van der Waals surface area contributed by atoms with Gasteiger partial charge < -0.3 is 10.1 Å². The number of nitrogens with one attached hydrogen (secondary N) is 1. The maximum atomic E-state index is 12.1. The molecule has 0 aromatic carbocycles. The van der Waals surface area contributed by atoms with Gasteiger partial charge in [-0.25, -0.2) is 19.9 Å². The summed E-state index contributed by atoms with van der Waals surface area (Å²) in [5.41, 5.74) is 0.281. The molecule has 8 heteroatoms. The Kier molecular flexibility index (Phi) is 4.53. The molecular weight excluding hydrogens is 362 g/mol. The van der Waals surface area contributed by atoms with Gasteiger partial charge in [0, 0.05) is 12.3 Å². The van der Waals surface area contributed by atoms with E-state index in [1.54, 1.807) is 30.3 Å². The van der Waals surface area contributed by atoms with Crippen LogP contribution in [0.4, 0.5) is 5.82 Å². The van der Waals surface area contributed by atoms with Gasteiger partial charge in [-0.15, -0.1) is 0 Å². The lowest BCUT2D eigenvalue weighted by molar-refractivity contribution is 0.102. The Bertz CT molecular complexity index is 829. The first-order chi connectivity index (χ1) is 11.2. The lowest BCUT2D eigenvalue weighted by Crippen LogP contribution is -2.14. The highest BCUT2D eigenvalue weighted by Crippen LogP contribution is 2.21. The summed E-state index contributed by atoms with van der Waals surface area (Å²) in [7, 11) is 0. The second-order valence-electron chi connectivity index (χ2n) is 4.35. The van der Waals surface area contributed by atoms with Crippen molar-refractivity contribution in [3.8, 4) is 11.5 Å². The van der Waals surface area contributed by atoms with Crippen molar-refractivity contribution in [2.75, 3.05) is 5.32 Å². The number of hydrogen-bond acceptors (Lipinski definition) is 6. The summed E-state index contributed by atoms with van der Waals surface area (Å²) < 4.78 is 6.17. The number of halogens is 1. The maximum Gasteiger partial charge on any atom is 0.275 e. The number of amides is 1. The highest BCUT2D eigenvalue weighted by Gasteiger charge is 2.09. The van der Waals surface area contributed by atoms with Crippen LogP contribution in [0.1, 0.15) is 10.5 Å². The van der Waals surface area contributed by atoms with Crippen molar-refractivity contribution in [1.82, 2.24) is 19.9 Å². The molecule has 3 aromatic rings. The van der Waals surface area contributed by atoms with E-state index in [-0.39, 0.29) is 11.6 Å². The van der Waals surface area contributed by atoms with E-state index in [9.17, 15) is 4.79 Å². The predicted octanol–water partition coefficient (Wildman–Crippen LogP) is 3.07. The molecule has 0 aliphatic heterocycles. The zero-order valence-corrected chi connectivity index (χ0v) is 13.3. The van der Waals surface area contributed by atoms with Crippen LogP contribution in [0.2, 0.25) is 0 Å². The number of anilines is 1. The predicted molar refractivity (Wildman–Crippen MR) is 86.2 cm³/mol. The molecule has 114 valence electrons. The van der Waals surface area contributed by atoms with Crippen molar-refractivity contribution in [3.63, 3.8) is 0 Å². The summed E-state index contributed by atoms with van der Waals surface area (Å²) >= 11 is 3.23. The second-order valence-corrected chi connectivity index (χ2v) is 5.17. The Hall–Kier alpha value is -2.87. The molecule has 3 aromatic heterocycles. The minimum absolute atomic E-state index is 0.281. The number of carbonyl (C=O) groups is 1. The molecule has 0 saturated heterocycles. The lowest BCUT2D eigenvalue weighted by Gasteiger charge is -2.07. The third-order valence-corrected chi connectivity index (χ3v) is 3.13. The molecule has 0 unspecified atom stereocenters. The van der Waals surface area contributed by atoms with E-state index in [1.165, 1.54) is 24.9 Å². The molecular formula is C15H10BrN5O2. The van der Waals surface area contributed by atoms with E-state index >= 15 is 0 Å². The summed E-state index contributed by atoms with van der Waals surface area (Å²) in [6.45, 7) is 0. The van der Waals surface area contributed by atoms with E-state index in [2.05, 4.69) is 41.2 Å². The first-order valence-electron chi connectivity index (χ1n) is 6.53. The summed E-state index contributed by atoms with van der Waals surface area (Å²) in [6.07, 6.45) is 6.02. The van der Waals surface area contributed by atoms with Crippen molar-refractivity contribution in [2.24, 2.45) is 0 Å². The molecule has 0 fully saturated rings. The largest absolute Gasteiger partial charge is 0.454 e. The average molecular weight is 372 g/mol. The summed E-state index contributed by atoms with van der Waals surface area (Å²) in [6, 6.07) is 8.35. The molecule has 0 bridgehead atoms. The van der Waals surface area contributed by atoms with Crippen LogP contribution in [-0.2, 0) is 0 Å². The molecule has 0 aliphatic rings. The fourth-order valence-electron chi connectivity index (χ4n) is 1.73. The van der Waals surface area contributed by atoms with Gasteiger partial charge in [-0.1, -0.05) is 6.07 Å². The van der Waals surface area contributed by atoms with Gasteiger partial charge >= 0.3 is 0 Å². The maximum absolute atomic E-state index is 12.1. The third-order valence-electron chi connectivity index (χ3n) is 2.69. The highest BCUT2D eigenvalue weighted by atomic mass is 79.9. The first-order valence-corrected chi connectivity index (χ1v) is 7.33. The first kappa shape index (κ1) is 15.0. The molecule has 1 amide bonds. The van der Waals surface area contributed by atoms with Crippen molar-refractivity contribution < 1.29 is 9.53 Å². The van der Waals surface area contributed by atoms with Gasteiger partial charge in [0.25, 0.3) is 5.91 Å². The van der Waals surface area contributed by atoms with Crippen LogP contribution in [0.5, 0.6) is 11.5 Å². The van der Waals surface area contributed by atoms with Gasteiger partial charge in [-0.3, -0.25) is 4.79 Å². The van der Waals surface area contributed by atoms with Crippen molar-refractivity contribution in [1.29, 1.82) is 0 Å². The van der Waals surface area contributed by atoms with Crippen molar-refractivity contribution in [2.45, 2.75) is 0 Å². The molecule has 3 rings (SSSR count). The van der Waals surface area contributed by atoms with E-state index in [0.717, 1.165) is 0 Å². The fourth-order valence-corrected chi connectivity index (χ4v) is 2.08. The number of rotatable bonds is 4. The van der Waals surface area contributed by atoms with Crippen LogP contribution in [0.25, 0.3) is 0 Å². The minimum atomic E-state index is -0.362. The van der Waals surface area contributed by atoms with Crippen LogP contribution in [0, 0.1) is 0 Å². The Balaban J connectivity index is 1.74. The van der Waals surface area contributed by atoms with E-state index in [4.69, 9.17) is 4.74 Å². The highest BCUT2D eigenvalue weighted by molar-refractivity contribution is 9.10. The summed E-state index contributed by atoms with van der Waals surface area (Å²) in [4.78, 5) is 28.0. The smallest absolute Gasteiger partial charge is 0.275 e. The number of hydrogen-bond donors (Lipinski definition) is 1. The van der Waals surface area contributed by atoms with Crippen LogP contribution in [0.15, 0.2) is 59.9 Å². The molecule has 1 N–H and O–H groups in total. The molecule has 7 nitrogen and oxygen atoms in total. The Labute approximate surface area is 139 Å². The number of pyridine rings is 2. The fraction of sp³-hybridized carbons (Fsp3) is 0. The normalized spacial score (nSPS) is 10.1. The van der Waals surface area contributed by atoms with Crippen LogP contribution in [-0.4, -0.2) is 25.8 Å². The summed E-state index contributed by atoms with van der Waals surface area (Å²) in [5.74, 6) is 0.988. The average Bonchev–Trinajstić information content (AvgIpc) is 2.56. The van der Waals surface area contributed by atoms with Gasteiger partial charge in [-0.2, -0.15) is 0 Å². The number of ether oxygens (including phenoxy) is 1. The second kappa shape index (κ2) is 6.93. The van der Waals surface area contributed by atoms with E-state index < -0.39 is 0 Å². The monoisotopic (exact) mass is 371 g/mol. The quantitative estimate of drug-likeness (QED) is 0.708. The molecule has 0 aliphatic carbocycles. The van der Waals surface area contributed by atoms with Crippen molar-refractivity contribution >= 4 is 27.7 Å². The van der Waals surface area contributed by atoms with Gasteiger partial charge in [0.05, 0.1) is 12.4 Å². The van der Waals surface area contributed by atoms with Gasteiger partial charge in [0.1, 0.15) is 28.2 Å². The molecule has 0 saturated carbocycles. The Morgan fingerprint density at radius 3 is 2.74 bits per heavy atom. The molecule has 0 atom stereocenters. The molecule has 23 heavy (non-hydrogen) atoms. The Morgan fingerprint density at radius 2 is 1.96 bits per heavy atom. The molecule has 0 radical (unpaired) electrons. The Morgan fingerprint density at radius 1 is 1.13 bits per heavy atom. The summed E-state index contributed by atoms with van der Waals surface area (Å²) in [5, 5.41) is 2.67. The number of carbonyl (C=O) groups excluding carboxylic acids is 1. The molecule has 3 heterocycles. The minimum Gasteiger partial charge on any atom is -0.454 e. The zero-order valence-electron chi connectivity index (χ0n) is 11.7. The van der Waals surface area contributed by atoms with Crippen LogP contribution < -0.4 is 10.1 Å². The molecule has 0 spiro atoms. The van der Waals surface area contributed by atoms with Gasteiger partial charge in [0.15, 0.2) is 5.75 Å². The van der Waals surface area contributed by atoms with E-state index in [0.29, 0.717) is 21.9 Å². The van der Waals surface area contributed by atoms with Gasteiger partial charge in [0.2, 0.25) is 0 Å².